The Balaban J connectivity index is 2.68. The third kappa shape index (κ3) is 4.62. The zero-order chi connectivity index (χ0) is 14.4. The van der Waals surface area contributed by atoms with E-state index in [9.17, 15) is 4.79 Å². The number of carbonyl (C=O) groups excluding carboxylic acids is 1. The number of methoxy groups -OCH3 is 1. The van der Waals surface area contributed by atoms with Gasteiger partial charge in [0.2, 0.25) is 0 Å². The van der Waals surface area contributed by atoms with Crippen LogP contribution in [0.5, 0.6) is 0 Å². The van der Waals surface area contributed by atoms with Gasteiger partial charge in [-0.15, -0.1) is 0 Å². The van der Waals surface area contributed by atoms with Gasteiger partial charge in [0.1, 0.15) is 0 Å². The SMILES string of the molecule is CCC(C)C(C)NCc1ccc(C(=O)OC)cc1Br. The molecule has 0 saturated heterocycles. The average molecular weight is 328 g/mol. The molecule has 0 aromatic heterocycles. The highest BCUT2D eigenvalue weighted by atomic mass is 79.9. The molecular weight excluding hydrogens is 306 g/mol. The number of ether oxygens (including phenoxy) is 1. The third-order valence-corrected chi connectivity index (χ3v) is 4.32. The van der Waals surface area contributed by atoms with E-state index in [1.807, 2.05) is 6.07 Å². The summed E-state index contributed by atoms with van der Waals surface area (Å²) in [7, 11) is 1.39. The summed E-state index contributed by atoms with van der Waals surface area (Å²) in [5, 5.41) is 3.51. The van der Waals surface area contributed by atoms with Crippen LogP contribution in [0.4, 0.5) is 0 Å². The molecule has 0 aliphatic heterocycles. The van der Waals surface area contributed by atoms with E-state index in [0.29, 0.717) is 17.5 Å². The minimum atomic E-state index is -0.312. The number of halogens is 1. The fourth-order valence-electron chi connectivity index (χ4n) is 1.76. The standard InChI is InChI=1S/C15H22BrNO2/c1-5-10(2)11(3)17-9-13-7-6-12(8-14(13)16)15(18)19-4/h6-8,10-11,17H,5,9H2,1-4H3. The first kappa shape index (κ1) is 16.2. The Morgan fingerprint density at radius 2 is 2.11 bits per heavy atom. The summed E-state index contributed by atoms with van der Waals surface area (Å²) in [6, 6.07) is 6.02. The van der Waals surface area contributed by atoms with E-state index in [0.717, 1.165) is 23.0 Å². The Kier molecular flexibility index (Phi) is 6.52. The van der Waals surface area contributed by atoms with Gasteiger partial charge in [-0.2, -0.15) is 0 Å². The number of benzene rings is 1. The Labute approximate surface area is 123 Å². The van der Waals surface area contributed by atoms with Crippen LogP contribution in [-0.4, -0.2) is 19.1 Å². The molecule has 0 fully saturated rings. The molecule has 0 spiro atoms. The van der Waals surface area contributed by atoms with Crippen molar-refractivity contribution in [2.24, 2.45) is 5.92 Å². The maximum atomic E-state index is 11.4. The molecule has 19 heavy (non-hydrogen) atoms. The first-order valence-electron chi connectivity index (χ1n) is 6.59. The number of rotatable bonds is 6. The maximum absolute atomic E-state index is 11.4. The maximum Gasteiger partial charge on any atom is 0.337 e. The predicted molar refractivity (Wildman–Crippen MR) is 81.2 cm³/mol. The second kappa shape index (κ2) is 7.65. The second-order valence-electron chi connectivity index (χ2n) is 4.85. The van der Waals surface area contributed by atoms with Crippen molar-refractivity contribution in [3.05, 3.63) is 33.8 Å². The van der Waals surface area contributed by atoms with E-state index in [2.05, 4.69) is 42.0 Å². The first-order valence-corrected chi connectivity index (χ1v) is 7.39. The zero-order valence-electron chi connectivity index (χ0n) is 12.0. The van der Waals surface area contributed by atoms with Gasteiger partial charge >= 0.3 is 5.97 Å². The van der Waals surface area contributed by atoms with Crippen LogP contribution < -0.4 is 5.32 Å². The van der Waals surface area contributed by atoms with Gasteiger partial charge in [-0.05, 0) is 30.5 Å². The minimum Gasteiger partial charge on any atom is -0.465 e. The van der Waals surface area contributed by atoms with Gasteiger partial charge in [-0.25, -0.2) is 4.79 Å². The van der Waals surface area contributed by atoms with Crippen LogP contribution in [0.2, 0.25) is 0 Å². The largest absolute Gasteiger partial charge is 0.465 e. The molecule has 0 heterocycles. The van der Waals surface area contributed by atoms with Crippen molar-refractivity contribution in [1.29, 1.82) is 0 Å². The van der Waals surface area contributed by atoms with E-state index in [4.69, 9.17) is 4.74 Å². The van der Waals surface area contributed by atoms with E-state index < -0.39 is 0 Å². The summed E-state index contributed by atoms with van der Waals surface area (Å²) >= 11 is 3.50. The van der Waals surface area contributed by atoms with Crippen molar-refractivity contribution < 1.29 is 9.53 Å². The molecule has 4 heteroatoms. The Bertz CT molecular complexity index is 434. The number of carbonyl (C=O) groups is 1. The third-order valence-electron chi connectivity index (χ3n) is 3.59. The lowest BCUT2D eigenvalue weighted by Crippen LogP contribution is -2.31. The topological polar surface area (TPSA) is 38.3 Å². The molecule has 1 rings (SSSR count). The van der Waals surface area contributed by atoms with Gasteiger partial charge in [0.25, 0.3) is 0 Å². The number of nitrogens with one attached hydrogen (secondary N) is 1. The Morgan fingerprint density at radius 1 is 1.42 bits per heavy atom. The lowest BCUT2D eigenvalue weighted by atomic mass is 10.0. The monoisotopic (exact) mass is 327 g/mol. The quantitative estimate of drug-likeness (QED) is 0.808. The lowest BCUT2D eigenvalue weighted by molar-refractivity contribution is 0.0600. The molecule has 0 saturated carbocycles. The number of hydrogen-bond donors (Lipinski definition) is 1. The number of esters is 1. The van der Waals surface area contributed by atoms with Crippen molar-refractivity contribution in [2.45, 2.75) is 39.8 Å². The van der Waals surface area contributed by atoms with Crippen LogP contribution >= 0.6 is 15.9 Å². The van der Waals surface area contributed by atoms with Crippen molar-refractivity contribution in [3.8, 4) is 0 Å². The van der Waals surface area contributed by atoms with Gasteiger partial charge in [0.15, 0.2) is 0 Å². The molecule has 1 aromatic carbocycles. The molecule has 0 aliphatic rings. The van der Waals surface area contributed by atoms with Crippen molar-refractivity contribution in [2.75, 3.05) is 7.11 Å². The predicted octanol–water partition coefficient (Wildman–Crippen LogP) is 3.76. The van der Waals surface area contributed by atoms with Gasteiger partial charge in [-0.3, -0.25) is 0 Å². The Hall–Kier alpha value is -0.870. The molecule has 106 valence electrons. The molecule has 1 N–H and O–H groups in total. The van der Waals surface area contributed by atoms with Crippen LogP contribution in [0.3, 0.4) is 0 Å². The van der Waals surface area contributed by atoms with E-state index in [-0.39, 0.29) is 5.97 Å². The fourth-order valence-corrected chi connectivity index (χ4v) is 2.28. The van der Waals surface area contributed by atoms with E-state index >= 15 is 0 Å². The normalized spacial score (nSPS) is 13.9. The van der Waals surface area contributed by atoms with E-state index in [1.54, 1.807) is 12.1 Å². The van der Waals surface area contributed by atoms with Gasteiger partial charge in [0, 0.05) is 17.1 Å². The highest BCUT2D eigenvalue weighted by Gasteiger charge is 2.11. The van der Waals surface area contributed by atoms with Gasteiger partial charge < -0.3 is 10.1 Å². The number of hydrogen-bond acceptors (Lipinski definition) is 3. The van der Waals surface area contributed by atoms with Crippen molar-refractivity contribution >= 4 is 21.9 Å². The first-order chi connectivity index (χ1) is 8.99. The van der Waals surface area contributed by atoms with Crippen molar-refractivity contribution in [3.63, 3.8) is 0 Å². The van der Waals surface area contributed by atoms with Crippen molar-refractivity contribution in [1.82, 2.24) is 5.32 Å². The molecule has 2 atom stereocenters. The zero-order valence-corrected chi connectivity index (χ0v) is 13.6. The van der Waals surface area contributed by atoms with Crippen LogP contribution in [0, 0.1) is 5.92 Å². The Morgan fingerprint density at radius 3 is 2.63 bits per heavy atom. The molecule has 0 aliphatic carbocycles. The summed E-state index contributed by atoms with van der Waals surface area (Å²) in [5.74, 6) is 0.335. The van der Waals surface area contributed by atoms with Crippen LogP contribution in [-0.2, 0) is 11.3 Å². The summed E-state index contributed by atoms with van der Waals surface area (Å²) in [6.07, 6.45) is 1.16. The van der Waals surface area contributed by atoms with Gasteiger partial charge in [0.05, 0.1) is 12.7 Å². The van der Waals surface area contributed by atoms with E-state index in [1.165, 1.54) is 7.11 Å². The smallest absolute Gasteiger partial charge is 0.337 e. The molecule has 0 amide bonds. The summed E-state index contributed by atoms with van der Waals surface area (Å²) < 4.78 is 5.63. The van der Waals surface area contributed by atoms with Crippen LogP contribution in [0.15, 0.2) is 22.7 Å². The molecule has 0 radical (unpaired) electrons. The highest BCUT2D eigenvalue weighted by Crippen LogP contribution is 2.20. The minimum absolute atomic E-state index is 0.312. The average Bonchev–Trinajstić information content (AvgIpc) is 2.43. The van der Waals surface area contributed by atoms with Crippen LogP contribution in [0.25, 0.3) is 0 Å². The highest BCUT2D eigenvalue weighted by molar-refractivity contribution is 9.10. The lowest BCUT2D eigenvalue weighted by Gasteiger charge is -2.20. The molecule has 3 nitrogen and oxygen atoms in total. The van der Waals surface area contributed by atoms with Crippen LogP contribution in [0.1, 0.15) is 43.1 Å². The molecule has 0 bridgehead atoms. The summed E-state index contributed by atoms with van der Waals surface area (Å²) in [5.41, 5.74) is 1.70. The second-order valence-corrected chi connectivity index (χ2v) is 5.71. The molecule has 2 unspecified atom stereocenters. The molecular formula is C15H22BrNO2. The molecule has 1 aromatic rings. The summed E-state index contributed by atoms with van der Waals surface area (Å²) in [6.45, 7) is 7.43. The fraction of sp³-hybridized carbons (Fsp3) is 0.533. The summed E-state index contributed by atoms with van der Waals surface area (Å²) in [4.78, 5) is 11.4. The van der Waals surface area contributed by atoms with Gasteiger partial charge in [-0.1, -0.05) is 42.3 Å².